The fraction of sp³-hybridized carbons (Fsp3) is 0.333. The summed E-state index contributed by atoms with van der Waals surface area (Å²) in [6.45, 7) is 4.20. The van der Waals surface area contributed by atoms with E-state index in [1.807, 2.05) is 36.4 Å². The normalized spacial score (nSPS) is 19.6. The molecule has 2 aromatic heterocycles. The van der Waals surface area contributed by atoms with Gasteiger partial charge in [-0.15, -0.1) is 0 Å². The standard InChI is InChI=1S/C33H34Cl2N8O5/c1-38-31(44)43(32(45)39(38)2)26-6-4-24(5-7-26)40-13-15-41(16-14-40)25-8-10-27(11-9-25)46-18-28-19-47-33(48-28,20-42-22-36-21-37-42)29-12-3-23(34)17-30(29)35/h3-12,17,21-22,28H,13-16,18-20H2,1-2H3. The van der Waals surface area contributed by atoms with Crippen LogP contribution in [0.3, 0.4) is 0 Å². The van der Waals surface area contributed by atoms with Crippen molar-refractivity contribution < 1.29 is 14.2 Å². The van der Waals surface area contributed by atoms with Crippen LogP contribution in [0, 0.1) is 0 Å². The van der Waals surface area contributed by atoms with Crippen LogP contribution in [0.4, 0.5) is 11.4 Å². The fourth-order valence-corrected chi connectivity index (χ4v) is 6.66. The Labute approximate surface area is 286 Å². The summed E-state index contributed by atoms with van der Waals surface area (Å²) < 4.78 is 24.2. The first-order valence-corrected chi connectivity index (χ1v) is 16.2. The van der Waals surface area contributed by atoms with Gasteiger partial charge < -0.3 is 24.0 Å². The number of rotatable bonds is 9. The number of piperazine rings is 1. The van der Waals surface area contributed by atoms with Crippen molar-refractivity contribution in [3.05, 3.63) is 116 Å². The van der Waals surface area contributed by atoms with E-state index >= 15 is 0 Å². The van der Waals surface area contributed by atoms with E-state index in [1.54, 1.807) is 43.3 Å². The van der Waals surface area contributed by atoms with E-state index in [-0.39, 0.29) is 30.6 Å². The Morgan fingerprint density at radius 1 is 0.854 bits per heavy atom. The lowest BCUT2D eigenvalue weighted by Gasteiger charge is -2.37. The molecule has 0 saturated carbocycles. The molecule has 2 unspecified atom stereocenters. The Balaban J connectivity index is 0.939. The molecule has 0 amide bonds. The van der Waals surface area contributed by atoms with Gasteiger partial charge in [0.05, 0.1) is 17.3 Å². The number of hydrogen-bond acceptors (Lipinski definition) is 9. The van der Waals surface area contributed by atoms with Gasteiger partial charge in [-0.25, -0.2) is 33.2 Å². The summed E-state index contributed by atoms with van der Waals surface area (Å²) in [6, 6.07) is 20.8. The smallest absolute Gasteiger partial charge is 0.351 e. The van der Waals surface area contributed by atoms with Crippen LogP contribution in [0.2, 0.25) is 10.0 Å². The van der Waals surface area contributed by atoms with Gasteiger partial charge in [0.25, 0.3) is 0 Å². The van der Waals surface area contributed by atoms with Crippen molar-refractivity contribution in [3.63, 3.8) is 0 Å². The van der Waals surface area contributed by atoms with Gasteiger partial charge in [0.15, 0.2) is 0 Å². The molecule has 5 aromatic rings. The molecule has 2 fully saturated rings. The SMILES string of the molecule is Cn1c(=O)n(-c2ccc(N3CCN(c4ccc(OCC5COC(Cn6cncn6)(c6ccc(Cl)cc6Cl)O5)cc4)CC3)cc2)c(=O)n1C. The summed E-state index contributed by atoms with van der Waals surface area (Å²) in [6.07, 6.45) is 2.71. The monoisotopic (exact) mass is 692 g/mol. The lowest BCUT2D eigenvalue weighted by Crippen LogP contribution is -2.46. The predicted molar refractivity (Wildman–Crippen MR) is 182 cm³/mol. The van der Waals surface area contributed by atoms with Crippen molar-refractivity contribution in [2.45, 2.75) is 18.4 Å². The van der Waals surface area contributed by atoms with Gasteiger partial charge >= 0.3 is 11.4 Å². The maximum absolute atomic E-state index is 12.5. The molecule has 4 heterocycles. The summed E-state index contributed by atoms with van der Waals surface area (Å²) >= 11 is 12.7. The zero-order valence-corrected chi connectivity index (χ0v) is 27.9. The maximum Gasteiger partial charge on any atom is 0.351 e. The van der Waals surface area contributed by atoms with E-state index in [4.69, 9.17) is 37.4 Å². The largest absolute Gasteiger partial charge is 0.491 e. The molecule has 48 heavy (non-hydrogen) atoms. The molecular weight excluding hydrogens is 659 g/mol. The molecule has 0 aliphatic carbocycles. The topological polar surface area (TPSA) is 114 Å². The zero-order chi connectivity index (χ0) is 33.4. The van der Waals surface area contributed by atoms with E-state index < -0.39 is 5.79 Å². The number of aromatic nitrogens is 6. The van der Waals surface area contributed by atoms with Crippen LogP contribution in [0.25, 0.3) is 5.69 Å². The molecule has 0 bridgehead atoms. The second kappa shape index (κ2) is 13.2. The average molecular weight is 694 g/mol. The summed E-state index contributed by atoms with van der Waals surface area (Å²) in [7, 11) is 3.14. The minimum absolute atomic E-state index is 0.258. The van der Waals surface area contributed by atoms with Crippen LogP contribution in [-0.2, 0) is 35.9 Å². The van der Waals surface area contributed by atoms with Crippen LogP contribution >= 0.6 is 23.2 Å². The lowest BCUT2D eigenvalue weighted by molar-refractivity contribution is -0.190. The van der Waals surface area contributed by atoms with E-state index in [0.717, 1.165) is 43.3 Å². The van der Waals surface area contributed by atoms with Crippen molar-refractivity contribution in [1.29, 1.82) is 0 Å². The third-order valence-corrected chi connectivity index (χ3v) is 9.36. The molecular formula is C33H34Cl2N8O5. The van der Waals surface area contributed by atoms with Gasteiger partial charge in [-0.1, -0.05) is 29.3 Å². The van der Waals surface area contributed by atoms with Gasteiger partial charge in [-0.2, -0.15) is 5.10 Å². The van der Waals surface area contributed by atoms with Gasteiger partial charge in [0.2, 0.25) is 5.79 Å². The number of benzene rings is 3. The van der Waals surface area contributed by atoms with Crippen molar-refractivity contribution in [2.24, 2.45) is 14.1 Å². The first-order chi connectivity index (χ1) is 23.2. The lowest BCUT2D eigenvalue weighted by atomic mass is 10.1. The molecule has 0 radical (unpaired) electrons. The Morgan fingerprint density at radius 3 is 2.04 bits per heavy atom. The molecule has 7 rings (SSSR count). The third kappa shape index (κ3) is 6.21. The van der Waals surface area contributed by atoms with Crippen molar-refractivity contribution in [3.8, 4) is 11.4 Å². The summed E-state index contributed by atoms with van der Waals surface area (Å²) in [5.74, 6) is -0.441. The molecule has 0 N–H and O–H groups in total. The van der Waals surface area contributed by atoms with E-state index in [9.17, 15) is 9.59 Å². The second-order valence-corrected chi connectivity index (χ2v) is 12.6. The van der Waals surface area contributed by atoms with Crippen LogP contribution in [0.1, 0.15) is 5.56 Å². The van der Waals surface area contributed by atoms with Crippen LogP contribution in [0.5, 0.6) is 5.75 Å². The van der Waals surface area contributed by atoms with Crippen LogP contribution in [0.15, 0.2) is 89.0 Å². The number of anilines is 2. The highest BCUT2D eigenvalue weighted by atomic mass is 35.5. The molecule has 2 aliphatic heterocycles. The van der Waals surface area contributed by atoms with Gasteiger partial charge in [-0.3, -0.25) is 0 Å². The number of halogens is 2. The maximum atomic E-state index is 12.5. The zero-order valence-electron chi connectivity index (χ0n) is 26.4. The van der Waals surface area contributed by atoms with Crippen molar-refractivity contribution in [1.82, 2.24) is 28.7 Å². The highest BCUT2D eigenvalue weighted by Gasteiger charge is 2.45. The average Bonchev–Trinajstić information content (AvgIpc) is 3.81. The Hall–Kier alpha value is -4.56. The quantitative estimate of drug-likeness (QED) is 0.229. The summed E-state index contributed by atoms with van der Waals surface area (Å²) in [5, 5.41) is 5.18. The van der Waals surface area contributed by atoms with Gasteiger partial charge in [0, 0.05) is 62.2 Å². The van der Waals surface area contributed by atoms with Crippen molar-refractivity contribution in [2.75, 3.05) is 49.2 Å². The van der Waals surface area contributed by atoms with Crippen molar-refractivity contribution >= 4 is 34.6 Å². The third-order valence-electron chi connectivity index (χ3n) is 8.81. The second-order valence-electron chi connectivity index (χ2n) is 11.8. The van der Waals surface area contributed by atoms with Crippen LogP contribution in [-0.4, -0.2) is 74.2 Å². The van der Waals surface area contributed by atoms with Gasteiger partial charge in [0.1, 0.15) is 37.7 Å². The molecule has 0 spiro atoms. The van der Waals surface area contributed by atoms with E-state index in [1.165, 1.54) is 20.3 Å². The summed E-state index contributed by atoms with van der Waals surface area (Å²) in [4.78, 5) is 33.6. The van der Waals surface area contributed by atoms with E-state index in [2.05, 4.69) is 32.0 Å². The van der Waals surface area contributed by atoms with E-state index in [0.29, 0.717) is 27.9 Å². The molecule has 250 valence electrons. The Morgan fingerprint density at radius 2 is 1.46 bits per heavy atom. The summed E-state index contributed by atoms with van der Waals surface area (Å²) in [5.41, 5.74) is 2.62. The highest BCUT2D eigenvalue weighted by Crippen LogP contribution is 2.40. The molecule has 2 atom stereocenters. The Kier molecular flexibility index (Phi) is 8.77. The molecule has 15 heteroatoms. The number of ether oxygens (including phenoxy) is 3. The first-order valence-electron chi connectivity index (χ1n) is 15.5. The van der Waals surface area contributed by atoms with Gasteiger partial charge in [-0.05, 0) is 60.7 Å². The van der Waals surface area contributed by atoms with Crippen LogP contribution < -0.4 is 25.9 Å². The number of nitrogens with zero attached hydrogens (tertiary/aromatic N) is 8. The highest BCUT2D eigenvalue weighted by molar-refractivity contribution is 6.35. The molecule has 2 saturated heterocycles. The fourth-order valence-electron chi connectivity index (χ4n) is 6.11. The molecule has 13 nitrogen and oxygen atoms in total. The molecule has 2 aliphatic rings. The minimum Gasteiger partial charge on any atom is -0.491 e. The minimum atomic E-state index is -1.17. The first kappa shape index (κ1) is 32.0. The Bertz CT molecular complexity index is 1970. The molecule has 3 aromatic carbocycles. The predicted octanol–water partition coefficient (Wildman–Crippen LogP) is 3.45. The number of hydrogen-bond donors (Lipinski definition) is 0.